The molecule has 2 aromatic rings. The van der Waals surface area contributed by atoms with Crippen LogP contribution in [0.1, 0.15) is 48.0 Å². The Balaban J connectivity index is 1.28. The minimum absolute atomic E-state index is 0.00677. The number of anilines is 1. The van der Waals surface area contributed by atoms with Crippen molar-refractivity contribution in [2.24, 2.45) is 5.92 Å². The van der Waals surface area contributed by atoms with Gasteiger partial charge < -0.3 is 16.2 Å². The third-order valence-corrected chi connectivity index (χ3v) is 7.61. The predicted octanol–water partition coefficient (Wildman–Crippen LogP) is 3.50. The fraction of sp³-hybridized carbons (Fsp3) is 0.520. The summed E-state index contributed by atoms with van der Waals surface area (Å²) in [5.41, 5.74) is 8.80. The van der Waals surface area contributed by atoms with Crippen LogP contribution in [0.4, 0.5) is 19.0 Å². The number of fused-ring (bicyclic) bond motifs is 1. The molecule has 1 amide bonds. The number of alkyl halides is 3. The summed E-state index contributed by atoms with van der Waals surface area (Å²) in [6, 6.07) is 9.56. The quantitative estimate of drug-likeness (QED) is 0.617. The van der Waals surface area contributed by atoms with Gasteiger partial charge >= 0.3 is 6.18 Å². The molecule has 2 saturated carbocycles. The largest absolute Gasteiger partial charge is 0.401 e. The second kappa shape index (κ2) is 8.53. The average molecular weight is 475 g/mol. The third-order valence-electron chi connectivity index (χ3n) is 7.61. The summed E-state index contributed by atoms with van der Waals surface area (Å²) < 4.78 is 38.4. The number of nitrogen functional groups attached to an aromatic ring is 1. The number of carbonyl (C=O) groups is 1. The van der Waals surface area contributed by atoms with E-state index in [1.165, 1.54) is 4.90 Å². The number of rotatable bonds is 5. The van der Waals surface area contributed by atoms with E-state index in [0.717, 1.165) is 36.0 Å². The number of hydrogen-bond acceptors (Lipinski definition) is 5. The van der Waals surface area contributed by atoms with Crippen LogP contribution in [0.5, 0.6) is 0 Å². The number of likely N-dealkylation sites (tertiary alicyclic amines) is 1. The fourth-order valence-electron chi connectivity index (χ4n) is 5.70. The zero-order chi connectivity index (χ0) is 24.1. The van der Waals surface area contributed by atoms with E-state index in [1.807, 2.05) is 24.3 Å². The highest BCUT2D eigenvalue weighted by molar-refractivity contribution is 5.99. The van der Waals surface area contributed by atoms with E-state index in [-0.39, 0.29) is 35.2 Å². The Morgan fingerprint density at radius 1 is 1.18 bits per heavy atom. The fourth-order valence-corrected chi connectivity index (χ4v) is 5.70. The monoisotopic (exact) mass is 474 g/mol. The second-order valence-electron chi connectivity index (χ2n) is 10.1. The van der Waals surface area contributed by atoms with Crippen LogP contribution in [0.3, 0.4) is 0 Å². The number of hydrogen-bond donors (Lipinski definition) is 3. The lowest BCUT2D eigenvalue weighted by Gasteiger charge is -2.26. The summed E-state index contributed by atoms with van der Waals surface area (Å²) in [6.45, 7) is 0.0662. The Morgan fingerprint density at radius 2 is 1.88 bits per heavy atom. The Hall–Kier alpha value is -2.65. The summed E-state index contributed by atoms with van der Waals surface area (Å²) in [7, 11) is 0. The van der Waals surface area contributed by atoms with E-state index in [0.29, 0.717) is 31.5 Å². The molecule has 2 heterocycles. The van der Waals surface area contributed by atoms with Crippen molar-refractivity contribution in [3.8, 4) is 11.1 Å². The van der Waals surface area contributed by atoms with Gasteiger partial charge in [0.1, 0.15) is 5.82 Å². The van der Waals surface area contributed by atoms with Crippen LogP contribution in [-0.2, 0) is 5.41 Å². The van der Waals surface area contributed by atoms with Gasteiger partial charge in [-0.3, -0.25) is 9.69 Å². The van der Waals surface area contributed by atoms with Crippen molar-refractivity contribution in [1.29, 1.82) is 0 Å². The smallest absolute Gasteiger partial charge is 0.393 e. The van der Waals surface area contributed by atoms with Crippen LogP contribution in [0.25, 0.3) is 11.1 Å². The average Bonchev–Trinajstić information content (AvgIpc) is 3.36. The van der Waals surface area contributed by atoms with Gasteiger partial charge in [0.05, 0.1) is 18.2 Å². The molecule has 6 nitrogen and oxygen atoms in total. The maximum absolute atomic E-state index is 12.8. The molecule has 1 saturated heterocycles. The van der Waals surface area contributed by atoms with Gasteiger partial charge in [0.2, 0.25) is 0 Å². The number of carbonyl (C=O) groups excluding carboxylic acids is 1. The van der Waals surface area contributed by atoms with Gasteiger partial charge in [-0.15, -0.1) is 0 Å². The number of aromatic nitrogens is 1. The van der Waals surface area contributed by atoms with Gasteiger partial charge in [0.15, 0.2) is 0 Å². The van der Waals surface area contributed by atoms with Crippen LogP contribution < -0.4 is 11.1 Å². The van der Waals surface area contributed by atoms with Crippen LogP contribution in [-0.4, -0.2) is 58.9 Å². The van der Waals surface area contributed by atoms with E-state index in [1.54, 1.807) is 12.3 Å². The maximum Gasteiger partial charge on any atom is 0.401 e. The first-order chi connectivity index (χ1) is 16.1. The Labute approximate surface area is 196 Å². The number of nitrogens with two attached hydrogens (primary N) is 1. The summed E-state index contributed by atoms with van der Waals surface area (Å²) in [5, 5.41) is 12.7. The number of halogens is 3. The molecular formula is C25H29F3N4O2. The summed E-state index contributed by atoms with van der Waals surface area (Å²) in [5.74, 6) is 0.152. The molecule has 9 heteroatoms. The Kier molecular flexibility index (Phi) is 5.80. The van der Waals surface area contributed by atoms with Crippen molar-refractivity contribution in [2.45, 2.75) is 55.8 Å². The van der Waals surface area contributed by atoms with Crippen molar-refractivity contribution in [3.63, 3.8) is 0 Å². The molecule has 3 fully saturated rings. The maximum atomic E-state index is 12.8. The Bertz CT molecular complexity index is 1070. The molecule has 182 valence electrons. The van der Waals surface area contributed by atoms with E-state index in [2.05, 4.69) is 10.3 Å². The lowest BCUT2D eigenvalue weighted by Crippen LogP contribution is -2.38. The third kappa shape index (κ3) is 4.63. The summed E-state index contributed by atoms with van der Waals surface area (Å²) in [4.78, 5) is 18.5. The molecule has 0 spiro atoms. The van der Waals surface area contributed by atoms with Crippen LogP contribution in [0.2, 0.25) is 0 Å². The molecule has 0 unspecified atom stereocenters. The minimum Gasteiger partial charge on any atom is -0.393 e. The van der Waals surface area contributed by atoms with Crippen LogP contribution >= 0.6 is 0 Å². The standard InChI is InChI=1S/C25H29F3N4O2/c26-25(27,28)14-32-12-18-10-24(18,13-32)17-3-1-15(2-4-17)16-9-21(22(29)30-11-16)23(34)31-19-5-7-20(33)8-6-19/h1-4,9,11,18-20,33H,5-8,10,12-14H2,(H2,29,30)(H,31,34)/t18-,19-,20-,24+/m0/s1. The number of benzene rings is 1. The highest BCUT2D eigenvalue weighted by Gasteiger charge is 2.61. The molecule has 3 aliphatic rings. The van der Waals surface area contributed by atoms with Crippen LogP contribution in [0.15, 0.2) is 36.5 Å². The molecular weight excluding hydrogens is 445 g/mol. The van der Waals surface area contributed by atoms with Crippen molar-refractivity contribution in [2.75, 3.05) is 25.4 Å². The number of pyridine rings is 1. The van der Waals surface area contributed by atoms with Crippen molar-refractivity contribution in [3.05, 3.63) is 47.7 Å². The number of aliphatic hydroxyl groups excluding tert-OH is 1. The molecule has 1 aliphatic heterocycles. The first kappa shape index (κ1) is 23.1. The summed E-state index contributed by atoms with van der Waals surface area (Å²) >= 11 is 0. The van der Waals surface area contributed by atoms with E-state index < -0.39 is 12.7 Å². The number of piperidine rings is 1. The topological polar surface area (TPSA) is 91.5 Å². The van der Waals surface area contributed by atoms with Crippen molar-refractivity contribution < 1.29 is 23.1 Å². The molecule has 1 aromatic carbocycles. The Morgan fingerprint density at radius 3 is 2.56 bits per heavy atom. The minimum atomic E-state index is -4.17. The predicted molar refractivity (Wildman–Crippen MR) is 122 cm³/mol. The molecule has 34 heavy (non-hydrogen) atoms. The normalized spacial score (nSPS) is 29.0. The van der Waals surface area contributed by atoms with Gasteiger partial charge in [0, 0.05) is 36.3 Å². The molecule has 0 bridgehead atoms. The summed E-state index contributed by atoms with van der Waals surface area (Å²) in [6.07, 6.45) is 0.863. The lowest BCUT2D eigenvalue weighted by molar-refractivity contribution is -0.144. The zero-order valence-electron chi connectivity index (χ0n) is 18.8. The molecule has 2 aliphatic carbocycles. The highest BCUT2D eigenvalue weighted by atomic mass is 19.4. The van der Waals surface area contributed by atoms with E-state index in [4.69, 9.17) is 5.73 Å². The SMILES string of the molecule is Nc1ncc(-c2ccc([C@]34C[C@H]3CN(CC(F)(F)F)C4)cc2)cc1C(=O)N[C@H]1CC[C@H](O)CC1. The molecule has 5 rings (SSSR count). The van der Waals surface area contributed by atoms with Crippen LogP contribution in [0, 0.1) is 5.92 Å². The first-order valence-corrected chi connectivity index (χ1v) is 11.8. The zero-order valence-corrected chi connectivity index (χ0v) is 18.8. The van der Waals surface area contributed by atoms with E-state index >= 15 is 0 Å². The van der Waals surface area contributed by atoms with E-state index in [9.17, 15) is 23.1 Å². The van der Waals surface area contributed by atoms with Gasteiger partial charge in [-0.2, -0.15) is 13.2 Å². The highest BCUT2D eigenvalue weighted by Crippen LogP contribution is 2.59. The molecule has 2 atom stereocenters. The molecule has 4 N–H and O–H groups in total. The molecule has 1 aromatic heterocycles. The number of amides is 1. The first-order valence-electron chi connectivity index (χ1n) is 11.8. The van der Waals surface area contributed by atoms with Crippen molar-refractivity contribution >= 4 is 11.7 Å². The number of nitrogens with one attached hydrogen (secondary N) is 1. The number of aliphatic hydroxyl groups is 1. The second-order valence-corrected chi connectivity index (χ2v) is 10.1. The van der Waals surface area contributed by atoms with Gasteiger partial charge in [0.25, 0.3) is 5.91 Å². The van der Waals surface area contributed by atoms with Gasteiger partial charge in [-0.25, -0.2) is 4.98 Å². The number of nitrogens with zero attached hydrogens (tertiary/aromatic N) is 2. The lowest BCUT2D eigenvalue weighted by atomic mass is 9.92. The molecule has 0 radical (unpaired) electrons. The van der Waals surface area contributed by atoms with Gasteiger partial charge in [-0.05, 0) is 55.2 Å². The van der Waals surface area contributed by atoms with Crippen molar-refractivity contribution in [1.82, 2.24) is 15.2 Å². The van der Waals surface area contributed by atoms with Gasteiger partial charge in [-0.1, -0.05) is 24.3 Å².